The molecule has 0 aliphatic rings. The molecule has 0 radical (unpaired) electrons. The van der Waals surface area contributed by atoms with Crippen LogP contribution in [0.5, 0.6) is 5.75 Å². The van der Waals surface area contributed by atoms with Gasteiger partial charge in [0.1, 0.15) is 22.9 Å². The Morgan fingerprint density at radius 1 is 1.28 bits per heavy atom. The third-order valence-corrected chi connectivity index (χ3v) is 3.70. The van der Waals surface area contributed by atoms with E-state index < -0.39 is 28.9 Å². The van der Waals surface area contributed by atoms with Crippen LogP contribution in [0.15, 0.2) is 45.4 Å². The monoisotopic (exact) mass is 409 g/mol. The first-order valence-electron chi connectivity index (χ1n) is 6.99. The number of hydrogen-bond acceptors (Lipinski definition) is 5. The number of aromatic hydroxyl groups is 1. The summed E-state index contributed by atoms with van der Waals surface area (Å²) in [4.78, 5) is 16.1. The summed E-state index contributed by atoms with van der Waals surface area (Å²) >= 11 is 3.33. The van der Waals surface area contributed by atoms with Gasteiger partial charge in [-0.3, -0.25) is 4.79 Å². The number of rotatable bonds is 4. The van der Waals surface area contributed by atoms with Gasteiger partial charge in [0, 0.05) is 22.2 Å². The van der Waals surface area contributed by atoms with Crippen LogP contribution in [0.25, 0.3) is 11.5 Å². The lowest BCUT2D eigenvalue weighted by Crippen LogP contribution is -2.24. The summed E-state index contributed by atoms with van der Waals surface area (Å²) in [6.45, 7) is -0.160. The number of amides is 1. The first kappa shape index (κ1) is 17.0. The maximum atomic E-state index is 13.6. The van der Waals surface area contributed by atoms with Gasteiger partial charge in [-0.1, -0.05) is 27.2 Å². The summed E-state index contributed by atoms with van der Waals surface area (Å²) < 4.78 is 32.5. The second-order valence-corrected chi connectivity index (χ2v) is 5.91. The number of aromatic nitrogens is 2. The van der Waals surface area contributed by atoms with Gasteiger partial charge in [0.25, 0.3) is 11.8 Å². The fourth-order valence-electron chi connectivity index (χ4n) is 2.10. The Balaban J connectivity index is 1.71. The highest BCUT2D eigenvalue weighted by atomic mass is 79.9. The van der Waals surface area contributed by atoms with Gasteiger partial charge in [0.05, 0.1) is 6.54 Å². The summed E-state index contributed by atoms with van der Waals surface area (Å²) in [6, 6.07) is 8.34. The van der Waals surface area contributed by atoms with Gasteiger partial charge in [0.15, 0.2) is 5.82 Å². The third-order valence-electron chi connectivity index (χ3n) is 3.21. The molecule has 0 unspecified atom stereocenters. The second kappa shape index (κ2) is 6.98. The number of halogens is 3. The highest BCUT2D eigenvalue weighted by molar-refractivity contribution is 9.10. The third kappa shape index (κ3) is 3.82. The summed E-state index contributed by atoms with van der Waals surface area (Å²) in [5.74, 6) is -3.46. The highest BCUT2D eigenvalue weighted by Crippen LogP contribution is 2.23. The van der Waals surface area contributed by atoms with E-state index in [9.17, 15) is 18.7 Å². The van der Waals surface area contributed by atoms with E-state index in [0.29, 0.717) is 17.7 Å². The number of phenolic OH excluding ortho intramolecular Hbond substituents is 1. The van der Waals surface area contributed by atoms with Crippen molar-refractivity contribution in [2.75, 3.05) is 0 Å². The van der Waals surface area contributed by atoms with Crippen molar-refractivity contribution in [3.63, 3.8) is 0 Å². The Morgan fingerprint density at radius 3 is 2.80 bits per heavy atom. The van der Waals surface area contributed by atoms with Gasteiger partial charge in [-0.05, 0) is 18.2 Å². The standard InChI is InChI=1S/C16H10BrF2N3O3/c17-9-3-1-2-8(4-9)16-21-13(22-25-16)7-20-15(24)14-11(19)5-10(18)6-12(14)23/h1-6,23H,7H2,(H,20,24). The quantitative estimate of drug-likeness (QED) is 0.689. The smallest absolute Gasteiger partial charge is 0.258 e. The van der Waals surface area contributed by atoms with Crippen LogP contribution in [0.4, 0.5) is 8.78 Å². The van der Waals surface area contributed by atoms with Gasteiger partial charge in [-0.25, -0.2) is 8.78 Å². The average Bonchev–Trinajstić information content (AvgIpc) is 3.01. The molecule has 0 aliphatic carbocycles. The molecule has 25 heavy (non-hydrogen) atoms. The fraction of sp³-hybridized carbons (Fsp3) is 0.0625. The molecule has 0 fully saturated rings. The first-order valence-corrected chi connectivity index (χ1v) is 7.78. The molecule has 2 N–H and O–H groups in total. The highest BCUT2D eigenvalue weighted by Gasteiger charge is 2.19. The molecule has 1 heterocycles. The van der Waals surface area contributed by atoms with Crippen molar-refractivity contribution in [2.45, 2.75) is 6.54 Å². The topological polar surface area (TPSA) is 88.3 Å². The molecule has 0 saturated carbocycles. The number of hydrogen-bond donors (Lipinski definition) is 2. The lowest BCUT2D eigenvalue weighted by molar-refractivity contribution is 0.0942. The molecule has 128 valence electrons. The number of nitrogens with one attached hydrogen (secondary N) is 1. The van der Waals surface area contributed by atoms with Crippen molar-refractivity contribution < 1.29 is 23.2 Å². The molecule has 0 atom stereocenters. The zero-order chi connectivity index (χ0) is 18.0. The molecule has 3 rings (SSSR count). The SMILES string of the molecule is O=C(NCc1noc(-c2cccc(Br)c2)n1)c1c(O)cc(F)cc1F. The van der Waals surface area contributed by atoms with E-state index in [1.807, 2.05) is 6.07 Å². The molecule has 1 aromatic heterocycles. The maximum Gasteiger partial charge on any atom is 0.258 e. The van der Waals surface area contributed by atoms with Crippen molar-refractivity contribution in [3.8, 4) is 17.2 Å². The minimum absolute atomic E-state index is 0.158. The molecular weight excluding hydrogens is 400 g/mol. The maximum absolute atomic E-state index is 13.6. The van der Waals surface area contributed by atoms with E-state index in [1.54, 1.807) is 18.2 Å². The summed E-state index contributed by atoms with van der Waals surface area (Å²) in [6.07, 6.45) is 0. The molecule has 2 aromatic carbocycles. The van der Waals surface area contributed by atoms with E-state index in [0.717, 1.165) is 4.47 Å². The van der Waals surface area contributed by atoms with Crippen LogP contribution in [0, 0.1) is 11.6 Å². The molecule has 0 bridgehead atoms. The van der Waals surface area contributed by atoms with E-state index in [2.05, 4.69) is 31.4 Å². The fourth-order valence-corrected chi connectivity index (χ4v) is 2.50. The number of carbonyl (C=O) groups is 1. The number of nitrogens with zero attached hydrogens (tertiary/aromatic N) is 2. The number of benzene rings is 2. The minimum atomic E-state index is -1.17. The van der Waals surface area contributed by atoms with Gasteiger partial charge in [-0.15, -0.1) is 0 Å². The molecule has 0 aliphatic heterocycles. The van der Waals surface area contributed by atoms with Crippen LogP contribution < -0.4 is 5.32 Å². The lowest BCUT2D eigenvalue weighted by atomic mass is 10.1. The van der Waals surface area contributed by atoms with Crippen molar-refractivity contribution >= 4 is 21.8 Å². The predicted octanol–water partition coefficient (Wildman–Crippen LogP) is 3.41. The second-order valence-electron chi connectivity index (χ2n) is 4.99. The molecule has 6 nitrogen and oxygen atoms in total. The zero-order valence-electron chi connectivity index (χ0n) is 12.5. The summed E-state index contributed by atoms with van der Waals surface area (Å²) in [5.41, 5.74) is 0.0267. The Labute approximate surface area is 148 Å². The summed E-state index contributed by atoms with van der Waals surface area (Å²) in [5, 5.41) is 15.6. The van der Waals surface area contributed by atoms with Crippen molar-refractivity contribution in [1.82, 2.24) is 15.5 Å². The molecule has 9 heteroatoms. The van der Waals surface area contributed by atoms with Crippen LogP contribution in [0.3, 0.4) is 0 Å². The predicted molar refractivity (Wildman–Crippen MR) is 86.6 cm³/mol. The summed E-state index contributed by atoms with van der Waals surface area (Å²) in [7, 11) is 0. The van der Waals surface area contributed by atoms with Gasteiger partial charge in [0.2, 0.25) is 0 Å². The van der Waals surface area contributed by atoms with E-state index >= 15 is 0 Å². The van der Waals surface area contributed by atoms with E-state index in [1.165, 1.54) is 0 Å². The first-order chi connectivity index (χ1) is 11.9. The van der Waals surface area contributed by atoms with Crippen LogP contribution in [0.1, 0.15) is 16.2 Å². The zero-order valence-corrected chi connectivity index (χ0v) is 14.0. The van der Waals surface area contributed by atoms with E-state index in [4.69, 9.17) is 4.52 Å². The molecule has 1 amide bonds. The Bertz CT molecular complexity index is 923. The molecular formula is C16H10BrF2N3O3. The van der Waals surface area contributed by atoms with Crippen LogP contribution in [-0.4, -0.2) is 21.2 Å². The van der Waals surface area contributed by atoms with Gasteiger partial charge >= 0.3 is 0 Å². The molecule has 0 spiro atoms. The number of carbonyl (C=O) groups excluding carboxylic acids is 1. The van der Waals surface area contributed by atoms with Crippen molar-refractivity contribution in [2.24, 2.45) is 0 Å². The van der Waals surface area contributed by atoms with Crippen LogP contribution in [0.2, 0.25) is 0 Å². The van der Waals surface area contributed by atoms with Crippen LogP contribution in [-0.2, 0) is 6.54 Å². The Hall–Kier alpha value is -2.81. The van der Waals surface area contributed by atoms with E-state index in [-0.39, 0.29) is 18.3 Å². The Morgan fingerprint density at radius 2 is 2.08 bits per heavy atom. The number of phenols is 1. The lowest BCUT2D eigenvalue weighted by Gasteiger charge is -2.06. The largest absolute Gasteiger partial charge is 0.507 e. The molecule has 3 aromatic rings. The van der Waals surface area contributed by atoms with Gasteiger partial charge < -0.3 is 14.9 Å². The van der Waals surface area contributed by atoms with Gasteiger partial charge in [-0.2, -0.15) is 4.98 Å². The normalized spacial score (nSPS) is 10.7. The van der Waals surface area contributed by atoms with Crippen molar-refractivity contribution in [3.05, 3.63) is 63.9 Å². The minimum Gasteiger partial charge on any atom is -0.507 e. The Kier molecular flexibility index (Phi) is 4.75. The van der Waals surface area contributed by atoms with Crippen LogP contribution >= 0.6 is 15.9 Å². The average molecular weight is 410 g/mol. The molecule has 0 saturated heterocycles. The van der Waals surface area contributed by atoms with Crippen molar-refractivity contribution in [1.29, 1.82) is 0 Å².